The van der Waals surface area contributed by atoms with Crippen LogP contribution in [0.5, 0.6) is 5.75 Å². The minimum Gasteiger partial charge on any atom is -0.478 e. The quantitative estimate of drug-likeness (QED) is 0.688. The molecule has 0 amide bonds. The van der Waals surface area contributed by atoms with E-state index in [0.717, 1.165) is 6.54 Å². The molecule has 0 unspecified atom stereocenters. The Balaban J connectivity index is 0.000000612. The molecule has 0 heterocycles. The first-order valence-electron chi connectivity index (χ1n) is 8.82. The summed E-state index contributed by atoms with van der Waals surface area (Å²) in [7, 11) is 3.85. The number of nitrogens with zero attached hydrogens (tertiary/aromatic N) is 1. The fourth-order valence-electron chi connectivity index (χ4n) is 2.10. The summed E-state index contributed by atoms with van der Waals surface area (Å²) >= 11 is 5.71. The second-order valence-corrected chi connectivity index (χ2v) is 7.49. The lowest BCUT2D eigenvalue weighted by Crippen LogP contribution is -2.37. The third-order valence-electron chi connectivity index (χ3n) is 3.86. The maximum absolute atomic E-state index is 14.4. The van der Waals surface area contributed by atoms with Crippen molar-refractivity contribution >= 4 is 17.6 Å². The Bertz CT molecular complexity index is 778. The maximum atomic E-state index is 14.4. The summed E-state index contributed by atoms with van der Waals surface area (Å²) < 4.78 is 34.2. The van der Waals surface area contributed by atoms with Gasteiger partial charge in [-0.1, -0.05) is 23.7 Å². The van der Waals surface area contributed by atoms with Crippen molar-refractivity contribution in [1.29, 1.82) is 0 Å². The van der Waals surface area contributed by atoms with Crippen LogP contribution in [0.4, 0.5) is 8.78 Å². The standard InChI is InChI=1S/C17H15ClF2O3.C4H11NO/c1-16(2,15(21)22)23-14-9-5-12(6-10-14)17(19,20)11-3-7-13(18)8-4-11;1-5(2)3-4-6/h3-10H,1-2H3,(H,21,22);6H,3-4H2,1-2H3. The van der Waals surface area contributed by atoms with Gasteiger partial charge in [0.1, 0.15) is 5.75 Å². The van der Waals surface area contributed by atoms with Crippen LogP contribution in [0, 0.1) is 0 Å². The van der Waals surface area contributed by atoms with E-state index in [1.807, 2.05) is 19.0 Å². The van der Waals surface area contributed by atoms with Gasteiger partial charge in [0, 0.05) is 22.7 Å². The molecule has 2 rings (SSSR count). The zero-order chi connectivity index (χ0) is 22.2. The highest BCUT2D eigenvalue weighted by atomic mass is 35.5. The van der Waals surface area contributed by atoms with E-state index in [1.54, 1.807) is 0 Å². The van der Waals surface area contributed by atoms with Crippen LogP contribution in [-0.2, 0) is 10.7 Å². The van der Waals surface area contributed by atoms with Crippen LogP contribution < -0.4 is 4.74 Å². The molecule has 0 radical (unpaired) electrons. The molecule has 2 N–H and O–H groups in total. The number of hydrogen-bond donors (Lipinski definition) is 2. The summed E-state index contributed by atoms with van der Waals surface area (Å²) in [5, 5.41) is 17.6. The van der Waals surface area contributed by atoms with Crippen molar-refractivity contribution in [2.24, 2.45) is 0 Å². The Morgan fingerprint density at radius 1 is 1.03 bits per heavy atom. The molecule has 0 spiro atoms. The predicted octanol–water partition coefficient (Wildman–Crippen LogP) is 4.26. The lowest BCUT2D eigenvalue weighted by atomic mass is 10.0. The van der Waals surface area contributed by atoms with E-state index < -0.39 is 17.5 Å². The van der Waals surface area contributed by atoms with Crippen molar-refractivity contribution in [2.75, 3.05) is 27.2 Å². The minimum absolute atomic E-state index is 0.179. The highest BCUT2D eigenvalue weighted by molar-refractivity contribution is 6.30. The van der Waals surface area contributed by atoms with Crippen molar-refractivity contribution in [2.45, 2.75) is 25.4 Å². The molecule has 0 aromatic heterocycles. The fourth-order valence-corrected chi connectivity index (χ4v) is 2.22. The van der Waals surface area contributed by atoms with Gasteiger partial charge in [0.25, 0.3) is 5.92 Å². The topological polar surface area (TPSA) is 70.0 Å². The summed E-state index contributed by atoms with van der Waals surface area (Å²) in [6.07, 6.45) is 0. The third-order valence-corrected chi connectivity index (χ3v) is 4.11. The molecule has 0 aliphatic carbocycles. The van der Waals surface area contributed by atoms with Crippen LogP contribution in [0.1, 0.15) is 25.0 Å². The van der Waals surface area contributed by atoms with E-state index in [-0.39, 0.29) is 23.5 Å². The van der Waals surface area contributed by atoms with Gasteiger partial charge < -0.3 is 19.8 Å². The zero-order valence-corrected chi connectivity index (χ0v) is 17.6. The van der Waals surface area contributed by atoms with E-state index >= 15 is 0 Å². The van der Waals surface area contributed by atoms with Gasteiger partial charge in [0.15, 0.2) is 5.60 Å². The van der Waals surface area contributed by atoms with E-state index in [4.69, 9.17) is 26.6 Å². The summed E-state index contributed by atoms with van der Waals surface area (Å²) in [5.41, 5.74) is -1.85. The average molecular weight is 430 g/mol. The summed E-state index contributed by atoms with van der Waals surface area (Å²) in [6.45, 7) is 3.78. The predicted molar refractivity (Wildman–Crippen MR) is 109 cm³/mol. The minimum atomic E-state index is -3.19. The molecule has 0 aliphatic heterocycles. The number of aliphatic hydroxyl groups is 1. The van der Waals surface area contributed by atoms with Crippen LogP contribution in [-0.4, -0.2) is 53.9 Å². The number of carboxylic acid groups (broad SMARTS) is 1. The fraction of sp³-hybridized carbons (Fsp3) is 0.381. The van der Waals surface area contributed by atoms with Crippen molar-refractivity contribution < 1.29 is 28.5 Å². The number of benzene rings is 2. The Labute approximate surface area is 174 Å². The Kier molecular flexibility index (Phi) is 9.01. The molecule has 29 heavy (non-hydrogen) atoms. The van der Waals surface area contributed by atoms with E-state index in [9.17, 15) is 13.6 Å². The average Bonchev–Trinajstić information content (AvgIpc) is 2.62. The Hall–Kier alpha value is -2.22. The second kappa shape index (κ2) is 10.5. The maximum Gasteiger partial charge on any atom is 0.347 e. The largest absolute Gasteiger partial charge is 0.478 e. The number of carbonyl (C=O) groups is 1. The van der Waals surface area contributed by atoms with Gasteiger partial charge in [-0.2, -0.15) is 8.78 Å². The van der Waals surface area contributed by atoms with Gasteiger partial charge in [-0.05, 0) is 64.3 Å². The van der Waals surface area contributed by atoms with Crippen molar-refractivity contribution in [3.8, 4) is 5.75 Å². The van der Waals surface area contributed by atoms with E-state index in [1.165, 1.54) is 62.4 Å². The second-order valence-electron chi connectivity index (χ2n) is 7.05. The first-order valence-corrected chi connectivity index (χ1v) is 9.20. The monoisotopic (exact) mass is 429 g/mol. The molecule has 0 aliphatic rings. The van der Waals surface area contributed by atoms with Crippen molar-refractivity contribution in [3.05, 3.63) is 64.7 Å². The highest BCUT2D eigenvalue weighted by Crippen LogP contribution is 2.37. The number of ether oxygens (including phenoxy) is 1. The molecular weight excluding hydrogens is 404 g/mol. The van der Waals surface area contributed by atoms with Crippen LogP contribution in [0.2, 0.25) is 5.02 Å². The number of likely N-dealkylation sites (N-methyl/N-ethyl adjacent to an activating group) is 1. The summed E-state index contributed by atoms with van der Waals surface area (Å²) in [6, 6.07) is 10.4. The van der Waals surface area contributed by atoms with Crippen molar-refractivity contribution in [3.63, 3.8) is 0 Å². The molecule has 0 saturated heterocycles. The molecule has 2 aromatic rings. The highest BCUT2D eigenvalue weighted by Gasteiger charge is 2.34. The lowest BCUT2D eigenvalue weighted by molar-refractivity contribution is -0.152. The molecule has 2 aromatic carbocycles. The summed E-state index contributed by atoms with van der Waals surface area (Å²) in [4.78, 5) is 12.9. The van der Waals surface area contributed by atoms with Gasteiger partial charge in [-0.25, -0.2) is 4.79 Å². The SMILES string of the molecule is CC(C)(Oc1ccc(C(F)(F)c2ccc(Cl)cc2)cc1)C(=O)O.CN(C)CCO. The number of aliphatic hydroxyl groups excluding tert-OH is 1. The molecule has 0 fully saturated rings. The number of halogens is 3. The first-order chi connectivity index (χ1) is 13.4. The number of carboxylic acids is 1. The van der Waals surface area contributed by atoms with Crippen LogP contribution >= 0.6 is 11.6 Å². The molecule has 0 bridgehead atoms. The molecule has 0 saturated carbocycles. The van der Waals surface area contributed by atoms with E-state index in [0.29, 0.717) is 5.02 Å². The molecular formula is C21H26ClF2NO4. The Morgan fingerprint density at radius 3 is 1.83 bits per heavy atom. The number of alkyl halides is 2. The van der Waals surface area contributed by atoms with Crippen LogP contribution in [0.25, 0.3) is 0 Å². The molecule has 160 valence electrons. The zero-order valence-electron chi connectivity index (χ0n) is 16.8. The van der Waals surface area contributed by atoms with Crippen LogP contribution in [0.3, 0.4) is 0 Å². The molecule has 5 nitrogen and oxygen atoms in total. The smallest absolute Gasteiger partial charge is 0.347 e. The Morgan fingerprint density at radius 2 is 1.48 bits per heavy atom. The van der Waals surface area contributed by atoms with Crippen molar-refractivity contribution in [1.82, 2.24) is 4.90 Å². The molecule has 0 atom stereocenters. The van der Waals surface area contributed by atoms with Crippen LogP contribution in [0.15, 0.2) is 48.5 Å². The van der Waals surface area contributed by atoms with Gasteiger partial charge >= 0.3 is 5.97 Å². The van der Waals surface area contributed by atoms with Gasteiger partial charge in [0.05, 0.1) is 6.61 Å². The van der Waals surface area contributed by atoms with E-state index in [2.05, 4.69) is 0 Å². The van der Waals surface area contributed by atoms with Gasteiger partial charge in [-0.15, -0.1) is 0 Å². The van der Waals surface area contributed by atoms with Gasteiger partial charge in [0.2, 0.25) is 0 Å². The molecule has 8 heteroatoms. The normalized spacial score (nSPS) is 11.6. The van der Waals surface area contributed by atoms with Gasteiger partial charge in [-0.3, -0.25) is 0 Å². The number of hydrogen-bond acceptors (Lipinski definition) is 4. The third kappa shape index (κ3) is 7.61. The first kappa shape index (κ1) is 24.8. The number of aliphatic carboxylic acids is 1. The number of rotatable bonds is 7. The lowest BCUT2D eigenvalue weighted by Gasteiger charge is -2.22. The summed E-state index contributed by atoms with van der Waals surface area (Å²) in [5.74, 6) is -4.13.